The zero-order chi connectivity index (χ0) is 20.3. The van der Waals surface area contributed by atoms with E-state index < -0.39 is 15.1 Å². The van der Waals surface area contributed by atoms with E-state index in [-0.39, 0.29) is 0 Å². The highest BCUT2D eigenvalue weighted by atomic mass is 32.2. The van der Waals surface area contributed by atoms with Gasteiger partial charge in [-0.3, -0.25) is 0 Å². The van der Waals surface area contributed by atoms with Gasteiger partial charge in [-0.2, -0.15) is 0 Å². The third kappa shape index (κ3) is 2.60. The Balaban J connectivity index is 1.77. The van der Waals surface area contributed by atoms with Gasteiger partial charge < -0.3 is 5.73 Å². The van der Waals surface area contributed by atoms with Crippen molar-refractivity contribution in [1.29, 1.82) is 0 Å². The van der Waals surface area contributed by atoms with E-state index in [1.165, 1.54) is 21.5 Å². The second kappa shape index (κ2) is 6.19. The first kappa shape index (κ1) is 18.0. The number of sulfone groups is 1. The van der Waals surface area contributed by atoms with Crippen LogP contribution in [-0.2, 0) is 9.84 Å². The molecule has 0 heterocycles. The van der Waals surface area contributed by atoms with Gasteiger partial charge in [-0.15, -0.1) is 0 Å². The largest absolute Gasteiger partial charge is 0.398 e. The van der Waals surface area contributed by atoms with Crippen molar-refractivity contribution in [3.63, 3.8) is 0 Å². The van der Waals surface area contributed by atoms with Crippen LogP contribution in [0, 0.1) is 0 Å². The summed E-state index contributed by atoms with van der Waals surface area (Å²) in [7, 11) is -3.28. The van der Waals surface area contributed by atoms with Crippen LogP contribution in [-0.4, -0.2) is 13.7 Å². The molecule has 0 amide bonds. The van der Waals surface area contributed by atoms with E-state index in [9.17, 15) is 8.42 Å². The first-order valence-electron chi connectivity index (χ1n) is 9.68. The number of rotatable bonds is 3. The molecule has 5 aromatic rings. The maximum atomic E-state index is 12.4. The van der Waals surface area contributed by atoms with Crippen molar-refractivity contribution in [2.24, 2.45) is 0 Å². The van der Waals surface area contributed by atoms with Crippen molar-refractivity contribution in [2.45, 2.75) is 24.0 Å². The predicted octanol–water partition coefficient (Wildman–Crippen LogP) is 6.02. The molecule has 29 heavy (non-hydrogen) atoms. The first-order chi connectivity index (χ1) is 13.9. The quantitative estimate of drug-likeness (QED) is 0.298. The van der Waals surface area contributed by atoms with Crippen LogP contribution in [0.15, 0.2) is 77.7 Å². The molecule has 0 fully saturated rings. The average Bonchev–Trinajstić information content (AvgIpc) is 2.73. The predicted molar refractivity (Wildman–Crippen MR) is 122 cm³/mol. The normalized spacial score (nSPS) is 12.5. The zero-order valence-electron chi connectivity index (χ0n) is 16.3. The van der Waals surface area contributed by atoms with Gasteiger partial charge in [0.05, 0.1) is 10.1 Å². The lowest BCUT2D eigenvalue weighted by atomic mass is 9.89. The standard InChI is InChI=1S/C25H21NO2S/c1-15(2)29(27,28)19-9-5-16(6-10-19)20-11-7-17-3-4-18-8-14-23(26)22-13-12-21(20)24(17)25(18)22/h3-15H,26H2,1-2H3. The fraction of sp³-hybridized carbons (Fsp3) is 0.120. The second-order valence-corrected chi connectivity index (χ2v) is 10.3. The third-order valence-corrected chi connectivity index (χ3v) is 7.98. The van der Waals surface area contributed by atoms with Crippen LogP contribution in [0.25, 0.3) is 43.4 Å². The van der Waals surface area contributed by atoms with Crippen LogP contribution in [0.3, 0.4) is 0 Å². The highest BCUT2D eigenvalue weighted by Gasteiger charge is 2.19. The molecular weight excluding hydrogens is 378 g/mol. The van der Waals surface area contributed by atoms with Crippen molar-refractivity contribution in [1.82, 2.24) is 0 Å². The molecule has 0 aliphatic heterocycles. The van der Waals surface area contributed by atoms with Crippen molar-refractivity contribution in [3.05, 3.63) is 72.8 Å². The van der Waals surface area contributed by atoms with E-state index in [2.05, 4.69) is 42.5 Å². The molecule has 0 saturated carbocycles. The summed E-state index contributed by atoms with van der Waals surface area (Å²) in [6.07, 6.45) is 0. The molecule has 2 N–H and O–H groups in total. The fourth-order valence-electron chi connectivity index (χ4n) is 4.17. The maximum Gasteiger partial charge on any atom is 0.180 e. The highest BCUT2D eigenvalue weighted by molar-refractivity contribution is 7.92. The highest BCUT2D eigenvalue weighted by Crippen LogP contribution is 2.40. The van der Waals surface area contributed by atoms with Crippen LogP contribution in [0.1, 0.15) is 13.8 Å². The number of anilines is 1. The smallest absolute Gasteiger partial charge is 0.180 e. The summed E-state index contributed by atoms with van der Waals surface area (Å²) in [5.74, 6) is 0. The van der Waals surface area contributed by atoms with Crippen molar-refractivity contribution in [3.8, 4) is 11.1 Å². The Morgan fingerprint density at radius 3 is 1.90 bits per heavy atom. The van der Waals surface area contributed by atoms with Gasteiger partial charge in [0.2, 0.25) is 0 Å². The van der Waals surface area contributed by atoms with Crippen LogP contribution in [0.5, 0.6) is 0 Å². The molecular formula is C25H21NO2S. The molecule has 0 saturated heterocycles. The van der Waals surface area contributed by atoms with Crippen LogP contribution in [0.2, 0.25) is 0 Å². The summed E-state index contributed by atoms with van der Waals surface area (Å²) < 4.78 is 24.9. The Morgan fingerprint density at radius 1 is 0.690 bits per heavy atom. The minimum atomic E-state index is -3.28. The van der Waals surface area contributed by atoms with Crippen LogP contribution in [0.4, 0.5) is 5.69 Å². The lowest BCUT2D eigenvalue weighted by Crippen LogP contribution is -2.13. The molecule has 5 rings (SSSR count). The topological polar surface area (TPSA) is 60.2 Å². The Hall–Kier alpha value is -3.11. The van der Waals surface area contributed by atoms with Crippen LogP contribution < -0.4 is 5.73 Å². The monoisotopic (exact) mass is 399 g/mol. The zero-order valence-corrected chi connectivity index (χ0v) is 17.1. The molecule has 0 atom stereocenters. The Bertz CT molecular complexity index is 1480. The molecule has 0 bridgehead atoms. The molecule has 0 radical (unpaired) electrons. The van der Waals surface area contributed by atoms with Gasteiger partial charge in [0.25, 0.3) is 0 Å². The summed E-state index contributed by atoms with van der Waals surface area (Å²) in [5, 5.41) is 6.49. The molecule has 0 aromatic heterocycles. The van der Waals surface area contributed by atoms with Crippen LogP contribution >= 0.6 is 0 Å². The fourth-order valence-corrected chi connectivity index (χ4v) is 5.23. The molecule has 0 aliphatic rings. The van der Waals surface area contributed by atoms with E-state index >= 15 is 0 Å². The lowest BCUT2D eigenvalue weighted by Gasteiger charge is -2.15. The molecule has 144 valence electrons. The number of nitrogen functional groups attached to an aromatic ring is 1. The van der Waals surface area contributed by atoms with Crippen molar-refractivity contribution < 1.29 is 8.42 Å². The minimum absolute atomic E-state index is 0.363. The maximum absolute atomic E-state index is 12.4. The molecule has 0 aliphatic carbocycles. The summed E-state index contributed by atoms with van der Waals surface area (Å²) in [4.78, 5) is 0.363. The van der Waals surface area contributed by atoms with Gasteiger partial charge in [0, 0.05) is 11.1 Å². The number of hydrogen-bond acceptors (Lipinski definition) is 3. The molecule has 5 aromatic carbocycles. The molecule has 0 spiro atoms. The van der Waals surface area contributed by atoms with E-state index in [4.69, 9.17) is 5.73 Å². The number of benzene rings is 5. The Kier molecular flexibility index (Phi) is 3.83. The van der Waals surface area contributed by atoms with Gasteiger partial charge >= 0.3 is 0 Å². The van der Waals surface area contributed by atoms with Gasteiger partial charge in [-0.25, -0.2) is 8.42 Å². The Labute approximate surface area is 170 Å². The average molecular weight is 400 g/mol. The molecule has 3 nitrogen and oxygen atoms in total. The van der Waals surface area contributed by atoms with Crippen molar-refractivity contribution in [2.75, 3.05) is 5.73 Å². The SMILES string of the molecule is CC(C)S(=O)(=O)c1ccc(-c2ccc3ccc4ccc(N)c5ccc2c3c45)cc1. The van der Waals surface area contributed by atoms with E-state index in [1.807, 2.05) is 18.2 Å². The van der Waals surface area contributed by atoms with Gasteiger partial charge in [0.1, 0.15) is 0 Å². The number of hydrogen-bond donors (Lipinski definition) is 1. The summed E-state index contributed by atoms with van der Waals surface area (Å²) in [6.45, 7) is 3.41. The summed E-state index contributed by atoms with van der Waals surface area (Å²) in [5.41, 5.74) is 9.10. The van der Waals surface area contributed by atoms with E-state index in [0.29, 0.717) is 4.90 Å². The lowest BCUT2D eigenvalue weighted by molar-refractivity contribution is 0.587. The van der Waals surface area contributed by atoms with Gasteiger partial charge in [0.15, 0.2) is 9.84 Å². The van der Waals surface area contributed by atoms with E-state index in [1.54, 1.807) is 26.0 Å². The van der Waals surface area contributed by atoms with Gasteiger partial charge in [-0.1, -0.05) is 54.6 Å². The molecule has 0 unspecified atom stereocenters. The van der Waals surface area contributed by atoms with E-state index in [0.717, 1.165) is 27.6 Å². The summed E-state index contributed by atoms with van der Waals surface area (Å²) in [6, 6.07) is 23.9. The molecule has 4 heteroatoms. The third-order valence-electron chi connectivity index (χ3n) is 5.81. The minimum Gasteiger partial charge on any atom is -0.398 e. The second-order valence-electron chi connectivity index (χ2n) is 7.81. The Morgan fingerprint density at radius 2 is 1.24 bits per heavy atom. The van der Waals surface area contributed by atoms with Crippen molar-refractivity contribution >= 4 is 47.8 Å². The summed E-state index contributed by atoms with van der Waals surface area (Å²) >= 11 is 0. The first-order valence-corrected chi connectivity index (χ1v) is 11.2. The van der Waals surface area contributed by atoms with Gasteiger partial charge in [-0.05, 0) is 70.1 Å². The number of nitrogens with two attached hydrogens (primary N) is 1.